The van der Waals surface area contributed by atoms with E-state index >= 15 is 0 Å². The zero-order valence-electron chi connectivity index (χ0n) is 17.1. The Morgan fingerprint density at radius 3 is 2.87 bits per heavy atom. The molecule has 30 heavy (non-hydrogen) atoms. The third-order valence-corrected chi connectivity index (χ3v) is 7.57. The van der Waals surface area contributed by atoms with Gasteiger partial charge in [0.2, 0.25) is 5.91 Å². The van der Waals surface area contributed by atoms with Gasteiger partial charge in [0, 0.05) is 37.2 Å². The minimum atomic E-state index is -2.91. The SMILES string of the molecule is CN(CCC(=O)NCC1Cc2cccc(-c3ccccn3)c2O1)C1CCS(=O)(=O)C1. The van der Waals surface area contributed by atoms with Gasteiger partial charge in [0.25, 0.3) is 0 Å². The number of carbonyl (C=O) groups is 1. The Balaban J connectivity index is 1.26. The summed E-state index contributed by atoms with van der Waals surface area (Å²) in [5.41, 5.74) is 2.96. The average Bonchev–Trinajstić information content (AvgIpc) is 3.33. The minimum Gasteiger partial charge on any atom is -0.487 e. The molecule has 0 spiro atoms. The summed E-state index contributed by atoms with van der Waals surface area (Å²) in [6.45, 7) is 0.984. The molecule has 7 nitrogen and oxygen atoms in total. The zero-order chi connectivity index (χ0) is 21.1. The van der Waals surface area contributed by atoms with E-state index in [-0.39, 0.29) is 29.6 Å². The van der Waals surface area contributed by atoms with Gasteiger partial charge in [0.1, 0.15) is 11.9 Å². The topological polar surface area (TPSA) is 88.6 Å². The number of carbonyl (C=O) groups excluding carboxylic acids is 1. The van der Waals surface area contributed by atoms with Crippen LogP contribution in [0.2, 0.25) is 0 Å². The highest BCUT2D eigenvalue weighted by Gasteiger charge is 2.31. The van der Waals surface area contributed by atoms with Crippen LogP contribution >= 0.6 is 0 Å². The zero-order valence-corrected chi connectivity index (χ0v) is 17.9. The van der Waals surface area contributed by atoms with Gasteiger partial charge in [-0.05, 0) is 37.2 Å². The molecule has 160 valence electrons. The molecule has 0 radical (unpaired) electrons. The lowest BCUT2D eigenvalue weighted by molar-refractivity contribution is -0.121. The fraction of sp³-hybridized carbons (Fsp3) is 0.455. The highest BCUT2D eigenvalue weighted by atomic mass is 32.2. The summed E-state index contributed by atoms with van der Waals surface area (Å²) >= 11 is 0. The molecule has 0 saturated carbocycles. The molecular weight excluding hydrogens is 402 g/mol. The second kappa shape index (κ2) is 8.73. The van der Waals surface area contributed by atoms with Crippen LogP contribution in [-0.2, 0) is 21.1 Å². The summed E-state index contributed by atoms with van der Waals surface area (Å²) in [7, 11) is -1.03. The number of nitrogens with one attached hydrogen (secondary N) is 1. The molecule has 1 aromatic carbocycles. The number of para-hydroxylation sites is 1. The number of rotatable bonds is 7. The van der Waals surface area contributed by atoms with Crippen LogP contribution < -0.4 is 10.1 Å². The Morgan fingerprint density at radius 1 is 1.27 bits per heavy atom. The molecule has 8 heteroatoms. The van der Waals surface area contributed by atoms with Crippen molar-refractivity contribution in [3.05, 3.63) is 48.2 Å². The van der Waals surface area contributed by atoms with Crippen molar-refractivity contribution >= 4 is 15.7 Å². The summed E-state index contributed by atoms with van der Waals surface area (Å²) in [6, 6.07) is 11.9. The van der Waals surface area contributed by atoms with E-state index in [1.807, 2.05) is 48.3 Å². The van der Waals surface area contributed by atoms with Gasteiger partial charge in [-0.2, -0.15) is 0 Å². The second-order valence-corrected chi connectivity index (χ2v) is 10.3. The number of benzene rings is 1. The van der Waals surface area contributed by atoms with Crippen molar-refractivity contribution in [2.45, 2.75) is 31.4 Å². The van der Waals surface area contributed by atoms with Gasteiger partial charge in [-0.15, -0.1) is 0 Å². The van der Waals surface area contributed by atoms with E-state index in [0.29, 0.717) is 25.9 Å². The van der Waals surface area contributed by atoms with Crippen LogP contribution in [-0.4, -0.2) is 68.0 Å². The van der Waals surface area contributed by atoms with Crippen molar-refractivity contribution in [2.75, 3.05) is 31.6 Å². The normalized spacial score (nSPS) is 21.9. The maximum absolute atomic E-state index is 12.3. The van der Waals surface area contributed by atoms with Crippen molar-refractivity contribution in [1.29, 1.82) is 0 Å². The van der Waals surface area contributed by atoms with Crippen molar-refractivity contribution in [1.82, 2.24) is 15.2 Å². The van der Waals surface area contributed by atoms with Crippen LogP contribution in [0.5, 0.6) is 5.75 Å². The number of nitrogens with zero attached hydrogens (tertiary/aromatic N) is 2. The van der Waals surface area contributed by atoms with E-state index in [0.717, 1.165) is 29.0 Å². The van der Waals surface area contributed by atoms with Crippen LogP contribution in [0.4, 0.5) is 0 Å². The van der Waals surface area contributed by atoms with Gasteiger partial charge in [0.15, 0.2) is 9.84 Å². The van der Waals surface area contributed by atoms with Gasteiger partial charge in [0.05, 0.1) is 23.7 Å². The van der Waals surface area contributed by atoms with Gasteiger partial charge in [-0.3, -0.25) is 9.78 Å². The molecule has 1 fully saturated rings. The second-order valence-electron chi connectivity index (χ2n) is 8.04. The quantitative estimate of drug-likeness (QED) is 0.720. The number of hydrogen-bond acceptors (Lipinski definition) is 6. The Bertz CT molecular complexity index is 1010. The lowest BCUT2D eigenvalue weighted by Crippen LogP contribution is -2.38. The van der Waals surface area contributed by atoms with Crippen LogP contribution in [0.1, 0.15) is 18.4 Å². The van der Waals surface area contributed by atoms with Crippen LogP contribution in [0.15, 0.2) is 42.6 Å². The smallest absolute Gasteiger partial charge is 0.221 e. The lowest BCUT2D eigenvalue weighted by atomic mass is 10.0. The summed E-state index contributed by atoms with van der Waals surface area (Å²) in [5.74, 6) is 1.23. The predicted molar refractivity (Wildman–Crippen MR) is 115 cm³/mol. The molecule has 4 rings (SSSR count). The van der Waals surface area contributed by atoms with E-state index in [9.17, 15) is 13.2 Å². The number of pyridine rings is 1. The van der Waals surface area contributed by atoms with Crippen molar-refractivity contribution in [2.24, 2.45) is 0 Å². The molecule has 2 aliphatic rings. The highest BCUT2D eigenvalue weighted by Crippen LogP contribution is 2.37. The van der Waals surface area contributed by atoms with Gasteiger partial charge < -0.3 is 15.0 Å². The Morgan fingerprint density at radius 2 is 2.13 bits per heavy atom. The summed E-state index contributed by atoms with van der Waals surface area (Å²) in [6.07, 6.45) is 3.39. The molecule has 1 N–H and O–H groups in total. The molecule has 2 aromatic rings. The first-order valence-electron chi connectivity index (χ1n) is 10.3. The highest BCUT2D eigenvalue weighted by molar-refractivity contribution is 7.91. The predicted octanol–water partition coefficient (Wildman–Crippen LogP) is 1.68. The Hall–Kier alpha value is -2.45. The Labute approximate surface area is 177 Å². The standard InChI is InChI=1S/C22H27N3O4S/c1-25(17-9-12-30(27,28)15-17)11-8-21(26)24-14-18-13-16-5-4-6-19(22(16)29-18)20-7-2-3-10-23-20/h2-7,10,17-18H,8-9,11-15H2,1H3,(H,24,26). The summed E-state index contributed by atoms with van der Waals surface area (Å²) in [5, 5.41) is 2.96. The van der Waals surface area contributed by atoms with E-state index in [1.165, 1.54) is 0 Å². The molecule has 2 aliphatic heterocycles. The van der Waals surface area contributed by atoms with E-state index < -0.39 is 9.84 Å². The summed E-state index contributed by atoms with van der Waals surface area (Å²) in [4.78, 5) is 18.7. The maximum atomic E-state index is 12.3. The van der Waals surface area contributed by atoms with Crippen LogP contribution in [0.25, 0.3) is 11.3 Å². The van der Waals surface area contributed by atoms with Crippen molar-refractivity contribution in [3.63, 3.8) is 0 Å². The number of hydrogen-bond donors (Lipinski definition) is 1. The fourth-order valence-electron chi connectivity index (χ4n) is 4.08. The molecule has 1 aromatic heterocycles. The Kier molecular flexibility index (Phi) is 6.06. The fourth-order valence-corrected chi connectivity index (χ4v) is 5.88. The molecule has 2 atom stereocenters. The monoisotopic (exact) mass is 429 g/mol. The van der Waals surface area contributed by atoms with E-state index in [4.69, 9.17) is 4.74 Å². The lowest BCUT2D eigenvalue weighted by Gasteiger charge is -2.22. The number of fused-ring (bicyclic) bond motifs is 1. The van der Waals surface area contributed by atoms with Gasteiger partial charge >= 0.3 is 0 Å². The molecular formula is C22H27N3O4S. The van der Waals surface area contributed by atoms with E-state index in [1.54, 1.807) is 6.20 Å². The molecule has 3 heterocycles. The summed E-state index contributed by atoms with van der Waals surface area (Å²) < 4.78 is 29.4. The number of aromatic nitrogens is 1. The number of amides is 1. The number of sulfone groups is 1. The third kappa shape index (κ3) is 4.82. The van der Waals surface area contributed by atoms with Crippen molar-refractivity contribution in [3.8, 4) is 17.0 Å². The first-order valence-corrected chi connectivity index (χ1v) is 12.1. The van der Waals surface area contributed by atoms with Crippen LogP contribution in [0.3, 0.4) is 0 Å². The van der Waals surface area contributed by atoms with Crippen molar-refractivity contribution < 1.29 is 17.9 Å². The molecule has 2 unspecified atom stereocenters. The molecule has 0 aliphatic carbocycles. The maximum Gasteiger partial charge on any atom is 0.221 e. The molecule has 0 bridgehead atoms. The van der Waals surface area contributed by atoms with Crippen LogP contribution in [0, 0.1) is 0 Å². The first kappa shape index (κ1) is 20.8. The van der Waals surface area contributed by atoms with Gasteiger partial charge in [-0.1, -0.05) is 18.2 Å². The third-order valence-electron chi connectivity index (χ3n) is 5.82. The minimum absolute atomic E-state index is 0.0143. The average molecular weight is 430 g/mol. The first-order chi connectivity index (χ1) is 14.4. The largest absolute Gasteiger partial charge is 0.487 e. The molecule has 1 amide bonds. The molecule has 1 saturated heterocycles. The van der Waals surface area contributed by atoms with E-state index in [2.05, 4.69) is 10.3 Å². The van der Waals surface area contributed by atoms with Gasteiger partial charge in [-0.25, -0.2) is 8.42 Å². The number of ether oxygens (including phenoxy) is 1.